The molecule has 2 aromatic rings. The fourth-order valence-electron chi connectivity index (χ4n) is 2.18. The number of nitrogens with two attached hydrogens (primary N) is 2. The maximum Gasteiger partial charge on any atom is 0.0520 e. The minimum Gasteiger partial charge on any atom is -0.398 e. The number of anilines is 1. The van der Waals surface area contributed by atoms with E-state index in [0.29, 0.717) is 10.7 Å². The summed E-state index contributed by atoms with van der Waals surface area (Å²) >= 11 is 5.92. The number of nitrogen functional groups attached to an aromatic ring is 1. The number of hydrogen-bond acceptors (Lipinski definition) is 3. The highest BCUT2D eigenvalue weighted by Gasteiger charge is 2.14. The Labute approximate surface area is 118 Å². The molecule has 1 unspecified atom stereocenters. The van der Waals surface area contributed by atoms with Crippen molar-refractivity contribution in [3.05, 3.63) is 64.2 Å². The Morgan fingerprint density at radius 2 is 1.95 bits per heavy atom. The number of aryl methyl sites for hydroxylation is 1. The van der Waals surface area contributed by atoms with Gasteiger partial charge in [-0.3, -0.25) is 11.3 Å². The molecule has 19 heavy (non-hydrogen) atoms. The summed E-state index contributed by atoms with van der Waals surface area (Å²) in [6.07, 6.45) is 0.787. The first-order chi connectivity index (χ1) is 9.11. The van der Waals surface area contributed by atoms with Crippen molar-refractivity contribution < 1.29 is 0 Å². The minimum atomic E-state index is -0.0293. The smallest absolute Gasteiger partial charge is 0.0520 e. The molecule has 1 atom stereocenters. The first kappa shape index (κ1) is 13.9. The fraction of sp³-hybridized carbons (Fsp3) is 0.200. The maximum absolute atomic E-state index is 6.01. The lowest BCUT2D eigenvalue weighted by molar-refractivity contribution is 0.552. The van der Waals surface area contributed by atoms with Gasteiger partial charge < -0.3 is 5.73 Å². The summed E-state index contributed by atoms with van der Waals surface area (Å²) in [4.78, 5) is 0. The molecule has 0 radical (unpaired) electrons. The largest absolute Gasteiger partial charge is 0.398 e. The molecule has 100 valence electrons. The van der Waals surface area contributed by atoms with Crippen LogP contribution in [-0.4, -0.2) is 0 Å². The second kappa shape index (κ2) is 6.06. The van der Waals surface area contributed by atoms with E-state index < -0.39 is 0 Å². The standard InChI is InChI=1S/C15H18ClN3/c1-10-4-2-3-5-11(10)8-15(19-18)13-7-6-12(16)9-14(13)17/h2-7,9,15,19H,8,17-18H2,1H3. The highest BCUT2D eigenvalue weighted by atomic mass is 35.5. The zero-order chi connectivity index (χ0) is 13.8. The molecule has 3 nitrogen and oxygen atoms in total. The van der Waals surface area contributed by atoms with Gasteiger partial charge in [0.25, 0.3) is 0 Å². The normalized spacial score (nSPS) is 12.4. The van der Waals surface area contributed by atoms with Crippen LogP contribution < -0.4 is 17.0 Å². The van der Waals surface area contributed by atoms with E-state index >= 15 is 0 Å². The van der Waals surface area contributed by atoms with Gasteiger partial charge in [0.15, 0.2) is 0 Å². The molecule has 0 amide bonds. The number of halogens is 1. The van der Waals surface area contributed by atoms with E-state index in [-0.39, 0.29) is 6.04 Å². The van der Waals surface area contributed by atoms with E-state index in [2.05, 4.69) is 24.5 Å². The lowest BCUT2D eigenvalue weighted by Crippen LogP contribution is -2.30. The van der Waals surface area contributed by atoms with Crippen molar-refractivity contribution in [2.75, 3.05) is 5.73 Å². The lowest BCUT2D eigenvalue weighted by Gasteiger charge is -2.19. The number of benzene rings is 2. The van der Waals surface area contributed by atoms with Gasteiger partial charge in [-0.15, -0.1) is 0 Å². The molecule has 0 saturated carbocycles. The van der Waals surface area contributed by atoms with Crippen molar-refractivity contribution in [2.45, 2.75) is 19.4 Å². The Balaban J connectivity index is 2.28. The van der Waals surface area contributed by atoms with Crippen LogP contribution in [0, 0.1) is 6.92 Å². The van der Waals surface area contributed by atoms with Crippen molar-refractivity contribution in [3.8, 4) is 0 Å². The van der Waals surface area contributed by atoms with Gasteiger partial charge in [-0.25, -0.2) is 0 Å². The van der Waals surface area contributed by atoms with E-state index in [1.165, 1.54) is 11.1 Å². The van der Waals surface area contributed by atoms with Gasteiger partial charge in [-0.2, -0.15) is 0 Å². The predicted octanol–water partition coefficient (Wildman–Crippen LogP) is 2.98. The second-order valence-corrected chi connectivity index (χ2v) is 5.06. The summed E-state index contributed by atoms with van der Waals surface area (Å²) in [7, 11) is 0. The average molecular weight is 276 g/mol. The quantitative estimate of drug-likeness (QED) is 0.457. The molecule has 5 N–H and O–H groups in total. The van der Waals surface area contributed by atoms with Crippen molar-refractivity contribution in [3.63, 3.8) is 0 Å². The van der Waals surface area contributed by atoms with Crippen molar-refractivity contribution in [1.82, 2.24) is 5.43 Å². The minimum absolute atomic E-state index is 0.0293. The molecule has 0 spiro atoms. The molecule has 4 heteroatoms. The molecule has 0 aliphatic heterocycles. The summed E-state index contributed by atoms with van der Waals surface area (Å²) in [5.41, 5.74) is 13.0. The molecular formula is C15H18ClN3. The Hall–Kier alpha value is -1.55. The second-order valence-electron chi connectivity index (χ2n) is 4.62. The molecule has 0 aliphatic carbocycles. The van der Waals surface area contributed by atoms with Crippen LogP contribution in [-0.2, 0) is 6.42 Å². The maximum atomic E-state index is 6.01. The highest BCUT2D eigenvalue weighted by molar-refractivity contribution is 6.30. The zero-order valence-electron chi connectivity index (χ0n) is 10.9. The summed E-state index contributed by atoms with van der Waals surface area (Å²) < 4.78 is 0. The van der Waals surface area contributed by atoms with E-state index in [9.17, 15) is 0 Å². The molecule has 0 fully saturated rings. The Bertz CT molecular complexity index is 569. The SMILES string of the molecule is Cc1ccccc1CC(NN)c1ccc(Cl)cc1N. The van der Waals surface area contributed by atoms with Crippen molar-refractivity contribution in [2.24, 2.45) is 5.84 Å². The van der Waals surface area contributed by atoms with Crippen LogP contribution >= 0.6 is 11.6 Å². The summed E-state index contributed by atoms with van der Waals surface area (Å²) in [5, 5.41) is 0.632. The van der Waals surface area contributed by atoms with Gasteiger partial charge in [0.1, 0.15) is 0 Å². The average Bonchev–Trinajstić information content (AvgIpc) is 2.39. The summed E-state index contributed by atoms with van der Waals surface area (Å²) in [5.74, 6) is 5.67. The Morgan fingerprint density at radius 3 is 2.58 bits per heavy atom. The molecule has 0 aliphatic rings. The van der Waals surface area contributed by atoms with Crippen LogP contribution in [0.2, 0.25) is 5.02 Å². The van der Waals surface area contributed by atoms with Gasteiger partial charge in [0.2, 0.25) is 0 Å². The van der Waals surface area contributed by atoms with E-state index in [0.717, 1.165) is 12.0 Å². The number of hydrogen-bond donors (Lipinski definition) is 3. The summed E-state index contributed by atoms with van der Waals surface area (Å²) in [6, 6.07) is 13.7. The van der Waals surface area contributed by atoms with Crippen molar-refractivity contribution >= 4 is 17.3 Å². The third kappa shape index (κ3) is 3.26. The number of rotatable bonds is 4. The molecule has 0 aromatic heterocycles. The van der Waals surface area contributed by atoms with E-state index in [1.54, 1.807) is 6.07 Å². The Kier molecular flexibility index (Phi) is 4.43. The number of nitrogens with one attached hydrogen (secondary N) is 1. The molecule has 0 bridgehead atoms. The van der Waals surface area contributed by atoms with Crippen LogP contribution in [0.5, 0.6) is 0 Å². The molecular weight excluding hydrogens is 258 g/mol. The fourth-order valence-corrected chi connectivity index (χ4v) is 2.36. The Morgan fingerprint density at radius 1 is 1.21 bits per heavy atom. The topological polar surface area (TPSA) is 64.1 Å². The molecule has 0 heterocycles. The molecule has 2 aromatic carbocycles. The van der Waals surface area contributed by atoms with E-state index in [1.807, 2.05) is 24.3 Å². The monoisotopic (exact) mass is 275 g/mol. The van der Waals surface area contributed by atoms with Gasteiger partial charge in [-0.1, -0.05) is 41.9 Å². The zero-order valence-corrected chi connectivity index (χ0v) is 11.6. The van der Waals surface area contributed by atoms with E-state index in [4.69, 9.17) is 23.2 Å². The molecule has 2 rings (SSSR count). The van der Waals surface area contributed by atoms with Gasteiger partial charge in [-0.05, 0) is 42.2 Å². The predicted molar refractivity (Wildman–Crippen MR) is 80.8 cm³/mol. The first-order valence-electron chi connectivity index (χ1n) is 6.17. The van der Waals surface area contributed by atoms with Crippen LogP contribution in [0.4, 0.5) is 5.69 Å². The lowest BCUT2D eigenvalue weighted by atomic mass is 9.95. The van der Waals surface area contributed by atoms with Crippen LogP contribution in [0.25, 0.3) is 0 Å². The van der Waals surface area contributed by atoms with Crippen LogP contribution in [0.15, 0.2) is 42.5 Å². The summed E-state index contributed by atoms with van der Waals surface area (Å²) in [6.45, 7) is 2.09. The third-order valence-corrected chi connectivity index (χ3v) is 3.55. The first-order valence-corrected chi connectivity index (χ1v) is 6.55. The van der Waals surface area contributed by atoms with Gasteiger partial charge in [0.05, 0.1) is 6.04 Å². The molecule has 0 saturated heterocycles. The van der Waals surface area contributed by atoms with Crippen LogP contribution in [0.3, 0.4) is 0 Å². The van der Waals surface area contributed by atoms with Gasteiger partial charge in [0, 0.05) is 10.7 Å². The van der Waals surface area contributed by atoms with Gasteiger partial charge >= 0.3 is 0 Å². The number of hydrazine groups is 1. The third-order valence-electron chi connectivity index (χ3n) is 3.31. The highest BCUT2D eigenvalue weighted by Crippen LogP contribution is 2.26. The van der Waals surface area contributed by atoms with Crippen molar-refractivity contribution in [1.29, 1.82) is 0 Å². The van der Waals surface area contributed by atoms with Crippen LogP contribution in [0.1, 0.15) is 22.7 Å².